The van der Waals surface area contributed by atoms with Gasteiger partial charge in [0.05, 0.1) is 18.1 Å². The Morgan fingerprint density at radius 1 is 0.909 bits per heavy atom. The van der Waals surface area contributed by atoms with Crippen LogP contribution in [-0.4, -0.2) is 9.97 Å². The van der Waals surface area contributed by atoms with E-state index in [2.05, 4.69) is 53.3 Å². The van der Waals surface area contributed by atoms with Gasteiger partial charge in [-0.3, -0.25) is 4.98 Å². The summed E-state index contributed by atoms with van der Waals surface area (Å²) < 4.78 is 21.7. The molecule has 4 nitrogen and oxygen atoms in total. The number of hydrogen-bond acceptors (Lipinski definition) is 4. The summed E-state index contributed by atoms with van der Waals surface area (Å²) in [4.78, 5) is 8.29. The van der Waals surface area contributed by atoms with E-state index < -0.39 is 5.82 Å². The fourth-order valence-electron chi connectivity index (χ4n) is 4.13. The lowest BCUT2D eigenvalue weighted by atomic mass is 9.79. The van der Waals surface area contributed by atoms with Crippen molar-refractivity contribution in [1.29, 1.82) is 0 Å². The number of ether oxygens (including phenoxy) is 1. The Morgan fingerprint density at radius 3 is 2.21 bits per heavy atom. The number of nitrogen functional groups attached to an aromatic ring is 1. The highest BCUT2D eigenvalue weighted by Crippen LogP contribution is 2.44. The van der Waals surface area contributed by atoms with Gasteiger partial charge in [0, 0.05) is 11.1 Å². The van der Waals surface area contributed by atoms with Gasteiger partial charge in [0.1, 0.15) is 12.4 Å². The van der Waals surface area contributed by atoms with E-state index in [-0.39, 0.29) is 0 Å². The first-order valence-electron chi connectivity index (χ1n) is 11.3. The Balaban J connectivity index is 1.40. The Bertz CT molecular complexity index is 1250. The van der Waals surface area contributed by atoms with Crippen molar-refractivity contribution >= 4 is 5.82 Å². The van der Waals surface area contributed by atoms with E-state index in [1.54, 1.807) is 6.07 Å². The number of benzene rings is 3. The van der Waals surface area contributed by atoms with Crippen molar-refractivity contribution in [3.8, 4) is 28.1 Å². The van der Waals surface area contributed by atoms with E-state index in [4.69, 9.17) is 10.5 Å². The fraction of sp³-hybridized carbons (Fsp3) is 0.214. The first kappa shape index (κ1) is 21.1. The summed E-state index contributed by atoms with van der Waals surface area (Å²) in [5, 5.41) is 0. The highest BCUT2D eigenvalue weighted by atomic mass is 19.1. The number of aryl methyl sites for hydroxylation is 1. The van der Waals surface area contributed by atoms with Crippen LogP contribution in [0.4, 0.5) is 10.2 Å². The smallest absolute Gasteiger partial charge is 0.174 e. The average Bonchev–Trinajstić information content (AvgIpc) is 2.79. The van der Waals surface area contributed by atoms with Crippen LogP contribution in [0.25, 0.3) is 22.4 Å². The number of rotatable bonds is 6. The van der Waals surface area contributed by atoms with Crippen molar-refractivity contribution in [2.24, 2.45) is 0 Å². The van der Waals surface area contributed by atoms with Gasteiger partial charge >= 0.3 is 0 Å². The summed E-state index contributed by atoms with van der Waals surface area (Å²) in [6.07, 6.45) is 6.20. The summed E-state index contributed by atoms with van der Waals surface area (Å²) >= 11 is 0. The molecule has 5 heteroatoms. The van der Waals surface area contributed by atoms with E-state index in [0.29, 0.717) is 35.3 Å². The number of anilines is 1. The minimum absolute atomic E-state index is 0.293. The lowest BCUT2D eigenvalue weighted by Gasteiger charge is -2.28. The van der Waals surface area contributed by atoms with Crippen molar-refractivity contribution in [3.05, 3.63) is 95.6 Å². The minimum Gasteiger partial charge on any atom is -0.486 e. The fourth-order valence-corrected chi connectivity index (χ4v) is 4.13. The van der Waals surface area contributed by atoms with Crippen LogP contribution >= 0.6 is 0 Å². The molecule has 166 valence electrons. The maximum absolute atomic E-state index is 15.6. The van der Waals surface area contributed by atoms with Gasteiger partial charge in [-0.2, -0.15) is 0 Å². The summed E-state index contributed by atoms with van der Waals surface area (Å²) in [6, 6.07) is 20.4. The van der Waals surface area contributed by atoms with Gasteiger partial charge in [0.15, 0.2) is 11.6 Å². The molecule has 1 saturated carbocycles. The first-order chi connectivity index (χ1) is 16.1. The van der Waals surface area contributed by atoms with E-state index >= 15 is 4.39 Å². The van der Waals surface area contributed by atoms with Crippen molar-refractivity contribution in [2.45, 2.75) is 38.7 Å². The van der Waals surface area contributed by atoms with Crippen LogP contribution in [0.2, 0.25) is 0 Å². The van der Waals surface area contributed by atoms with Crippen LogP contribution in [0.1, 0.15) is 41.9 Å². The van der Waals surface area contributed by atoms with E-state index in [9.17, 15) is 0 Å². The molecule has 0 radical (unpaired) electrons. The molecule has 0 atom stereocenters. The molecule has 1 fully saturated rings. The van der Waals surface area contributed by atoms with Crippen LogP contribution < -0.4 is 10.5 Å². The summed E-state index contributed by atoms with van der Waals surface area (Å²) in [7, 11) is 0. The van der Waals surface area contributed by atoms with Crippen LogP contribution in [0.15, 0.2) is 73.1 Å². The molecular formula is C28H26FN3O. The number of aromatic nitrogens is 2. The third-order valence-electron chi connectivity index (χ3n) is 6.34. The van der Waals surface area contributed by atoms with Crippen molar-refractivity contribution in [1.82, 2.24) is 9.97 Å². The summed E-state index contributed by atoms with van der Waals surface area (Å²) in [5.74, 6) is 0.564. The van der Waals surface area contributed by atoms with Gasteiger partial charge in [-0.05, 0) is 48.4 Å². The molecule has 0 amide bonds. The molecule has 0 aliphatic heterocycles. The predicted octanol–water partition coefficient (Wildman–Crippen LogP) is 6.69. The molecule has 5 rings (SSSR count). The summed E-state index contributed by atoms with van der Waals surface area (Å²) in [6.45, 7) is 2.37. The highest BCUT2D eigenvalue weighted by Gasteiger charge is 2.27. The second-order valence-electron chi connectivity index (χ2n) is 8.65. The molecule has 4 aromatic rings. The van der Waals surface area contributed by atoms with Crippen LogP contribution in [0, 0.1) is 12.7 Å². The van der Waals surface area contributed by atoms with Crippen molar-refractivity contribution in [3.63, 3.8) is 0 Å². The molecule has 1 aromatic heterocycles. The van der Waals surface area contributed by atoms with E-state index in [1.165, 1.54) is 23.5 Å². The molecule has 0 unspecified atom stereocenters. The number of halogens is 1. The van der Waals surface area contributed by atoms with Crippen LogP contribution in [-0.2, 0) is 6.61 Å². The summed E-state index contributed by atoms with van der Waals surface area (Å²) in [5.41, 5.74) is 11.9. The first-order valence-corrected chi connectivity index (χ1v) is 11.3. The number of nitrogens with two attached hydrogens (primary N) is 1. The van der Waals surface area contributed by atoms with Gasteiger partial charge < -0.3 is 10.5 Å². The largest absolute Gasteiger partial charge is 0.486 e. The third kappa shape index (κ3) is 4.44. The topological polar surface area (TPSA) is 61.0 Å². The maximum Gasteiger partial charge on any atom is 0.174 e. The molecule has 1 heterocycles. The molecular weight excluding hydrogens is 413 g/mol. The van der Waals surface area contributed by atoms with Crippen molar-refractivity contribution in [2.75, 3.05) is 5.73 Å². The van der Waals surface area contributed by atoms with E-state index in [1.807, 2.05) is 18.2 Å². The second-order valence-corrected chi connectivity index (χ2v) is 8.65. The third-order valence-corrected chi connectivity index (χ3v) is 6.34. The Morgan fingerprint density at radius 2 is 1.61 bits per heavy atom. The number of hydrogen-bond donors (Lipinski definition) is 1. The monoisotopic (exact) mass is 439 g/mol. The molecule has 3 aromatic carbocycles. The lowest BCUT2D eigenvalue weighted by Crippen LogP contribution is -2.12. The molecule has 33 heavy (non-hydrogen) atoms. The zero-order valence-corrected chi connectivity index (χ0v) is 18.6. The SMILES string of the molecule is Cc1ccc(-c2ccc(COc3c(C4CCC4)ccc(-c4cnc(N)cn4)c3F)cc2)cc1. The average molecular weight is 440 g/mol. The standard InChI is InChI=1S/C28H26FN3O/c1-18-5-9-20(10-6-18)21-11-7-19(8-12-21)17-33-28-23(22-3-2-4-22)13-14-24(27(28)29)25-15-32-26(30)16-31-25/h5-16,22H,2-4,17H2,1H3,(H2,30,32). The van der Waals surface area contributed by atoms with Gasteiger partial charge in [-0.15, -0.1) is 0 Å². The minimum atomic E-state index is -0.394. The highest BCUT2D eigenvalue weighted by molar-refractivity contribution is 5.65. The molecule has 1 aliphatic rings. The zero-order chi connectivity index (χ0) is 22.8. The quantitative estimate of drug-likeness (QED) is 0.364. The number of nitrogens with zero attached hydrogens (tertiary/aromatic N) is 2. The Kier molecular flexibility index (Phi) is 5.78. The van der Waals surface area contributed by atoms with Gasteiger partial charge in [-0.25, -0.2) is 9.37 Å². The van der Waals surface area contributed by atoms with Crippen LogP contribution in [0.5, 0.6) is 5.75 Å². The Hall–Kier alpha value is -3.73. The zero-order valence-electron chi connectivity index (χ0n) is 18.6. The van der Waals surface area contributed by atoms with Gasteiger partial charge in [0.2, 0.25) is 0 Å². The van der Waals surface area contributed by atoms with E-state index in [0.717, 1.165) is 36.0 Å². The molecule has 0 bridgehead atoms. The lowest BCUT2D eigenvalue weighted by molar-refractivity contribution is 0.279. The molecule has 0 spiro atoms. The molecule has 1 aliphatic carbocycles. The van der Waals surface area contributed by atoms with Crippen LogP contribution in [0.3, 0.4) is 0 Å². The van der Waals surface area contributed by atoms with Gasteiger partial charge in [-0.1, -0.05) is 66.6 Å². The maximum atomic E-state index is 15.6. The van der Waals surface area contributed by atoms with Gasteiger partial charge in [0.25, 0.3) is 0 Å². The molecule has 2 N–H and O–H groups in total. The second kappa shape index (κ2) is 9.02. The van der Waals surface area contributed by atoms with Crippen molar-refractivity contribution < 1.29 is 9.13 Å². The Labute approximate surface area is 193 Å². The normalized spacial score (nSPS) is 13.5. The predicted molar refractivity (Wildman–Crippen MR) is 129 cm³/mol. The molecule has 0 saturated heterocycles.